The quantitative estimate of drug-likeness (QED) is 0.328. The van der Waals surface area contributed by atoms with Gasteiger partial charge in [0.1, 0.15) is 24.6 Å². The predicted molar refractivity (Wildman–Crippen MR) is 108 cm³/mol. The molecule has 0 spiro atoms. The van der Waals surface area contributed by atoms with Crippen molar-refractivity contribution >= 4 is 23.0 Å². The molecule has 0 amide bonds. The summed E-state index contributed by atoms with van der Waals surface area (Å²) in [5.41, 5.74) is 1.67. The van der Waals surface area contributed by atoms with E-state index in [2.05, 4.69) is 20.3 Å². The monoisotopic (exact) mass is 429 g/mol. The van der Waals surface area contributed by atoms with E-state index < -0.39 is 43.2 Å². The zero-order valence-electron chi connectivity index (χ0n) is 16.4. The Labute approximate surface area is 177 Å². The van der Waals surface area contributed by atoms with E-state index in [1.807, 2.05) is 30.3 Å². The second-order valence-electron chi connectivity index (χ2n) is 7.40. The molecule has 1 aliphatic rings. The molecule has 31 heavy (non-hydrogen) atoms. The summed E-state index contributed by atoms with van der Waals surface area (Å²) in [6.07, 6.45) is -1.42. The number of ether oxygens (including phenoxy) is 1. The number of rotatable bonds is 8. The minimum atomic E-state index is -1.28. The van der Waals surface area contributed by atoms with Crippen LogP contribution in [-0.4, -0.2) is 76.9 Å². The molecule has 0 saturated carbocycles. The Morgan fingerprint density at radius 1 is 1.16 bits per heavy atom. The van der Waals surface area contributed by atoms with Crippen molar-refractivity contribution in [1.29, 1.82) is 0 Å². The van der Waals surface area contributed by atoms with Gasteiger partial charge in [0.05, 0.1) is 19.4 Å². The average Bonchev–Trinajstić information content (AvgIpc) is 3.30. The number of hydrogen-bond donors (Lipinski definition) is 5. The van der Waals surface area contributed by atoms with E-state index in [0.29, 0.717) is 23.4 Å². The first kappa shape index (κ1) is 21.1. The molecule has 4 rings (SSSR count). The highest BCUT2D eigenvalue weighted by atomic mass is 16.6. The molecule has 5 N–H and O–H groups in total. The van der Waals surface area contributed by atoms with Gasteiger partial charge >= 0.3 is 5.97 Å². The summed E-state index contributed by atoms with van der Waals surface area (Å²) >= 11 is 0. The summed E-state index contributed by atoms with van der Waals surface area (Å²) < 4.78 is 7.01. The van der Waals surface area contributed by atoms with Crippen molar-refractivity contribution < 1.29 is 30.0 Å². The van der Waals surface area contributed by atoms with Crippen molar-refractivity contribution in [1.82, 2.24) is 19.5 Å². The number of aliphatic hydroxyl groups is 3. The first-order valence-electron chi connectivity index (χ1n) is 9.80. The highest BCUT2D eigenvalue weighted by Crippen LogP contribution is 2.32. The molecule has 3 heterocycles. The van der Waals surface area contributed by atoms with Crippen LogP contribution in [0.5, 0.6) is 0 Å². The standard InChI is InChI=1S/C20H23N5O6/c26-8-13-16(29)17(30)20(31-13)25-10-23-15-18(21-9-22-19(15)25)24-12(7-14(27)28)6-11-4-2-1-3-5-11/h1-5,9-10,12-13,16-17,20,26,29-30H,6-8H2,(H,27,28)(H,21,22,24). The highest BCUT2D eigenvalue weighted by Gasteiger charge is 2.44. The number of anilines is 1. The normalized spacial score (nSPS) is 24.4. The smallest absolute Gasteiger partial charge is 0.305 e. The molecule has 5 unspecified atom stereocenters. The summed E-state index contributed by atoms with van der Waals surface area (Å²) in [6.45, 7) is -0.445. The zero-order chi connectivity index (χ0) is 22.0. The molecule has 1 saturated heterocycles. The van der Waals surface area contributed by atoms with Gasteiger partial charge in [-0.05, 0) is 12.0 Å². The fourth-order valence-corrected chi connectivity index (χ4v) is 3.73. The lowest BCUT2D eigenvalue weighted by Crippen LogP contribution is -2.33. The maximum atomic E-state index is 11.4. The maximum absolute atomic E-state index is 11.4. The Kier molecular flexibility index (Phi) is 6.09. The molecule has 1 fully saturated rings. The van der Waals surface area contributed by atoms with Gasteiger partial charge in [-0.3, -0.25) is 9.36 Å². The van der Waals surface area contributed by atoms with Gasteiger partial charge in [-0.15, -0.1) is 0 Å². The second kappa shape index (κ2) is 8.94. The van der Waals surface area contributed by atoms with E-state index in [9.17, 15) is 25.2 Å². The van der Waals surface area contributed by atoms with Gasteiger partial charge in [-0.2, -0.15) is 0 Å². The number of benzene rings is 1. The molecular weight excluding hydrogens is 406 g/mol. The summed E-state index contributed by atoms with van der Waals surface area (Å²) in [7, 11) is 0. The average molecular weight is 429 g/mol. The third-order valence-electron chi connectivity index (χ3n) is 5.24. The number of carboxylic acid groups (broad SMARTS) is 1. The summed E-state index contributed by atoms with van der Waals surface area (Å²) in [6, 6.07) is 9.06. The molecule has 11 heteroatoms. The van der Waals surface area contributed by atoms with Crippen molar-refractivity contribution in [3.8, 4) is 0 Å². The number of nitrogens with one attached hydrogen (secondary N) is 1. The van der Waals surface area contributed by atoms with Crippen LogP contribution in [0.2, 0.25) is 0 Å². The lowest BCUT2D eigenvalue weighted by atomic mass is 10.0. The third kappa shape index (κ3) is 4.35. The topological polar surface area (TPSA) is 163 Å². The lowest BCUT2D eigenvalue weighted by Gasteiger charge is -2.18. The Balaban J connectivity index is 1.61. The molecule has 11 nitrogen and oxygen atoms in total. The number of imidazole rings is 1. The Bertz CT molecular complexity index is 1040. The second-order valence-corrected chi connectivity index (χ2v) is 7.40. The van der Waals surface area contributed by atoms with E-state index in [-0.39, 0.29) is 6.42 Å². The largest absolute Gasteiger partial charge is 0.481 e. The number of aliphatic carboxylic acids is 1. The zero-order valence-corrected chi connectivity index (χ0v) is 16.4. The number of carboxylic acids is 1. The van der Waals surface area contributed by atoms with Crippen molar-refractivity contribution in [2.45, 2.75) is 43.4 Å². The van der Waals surface area contributed by atoms with Gasteiger partial charge in [-0.25, -0.2) is 15.0 Å². The number of aromatic nitrogens is 4. The number of aliphatic hydroxyl groups excluding tert-OH is 3. The fraction of sp³-hybridized carbons (Fsp3) is 0.400. The minimum absolute atomic E-state index is 0.129. The Morgan fingerprint density at radius 2 is 1.94 bits per heavy atom. The Hall–Kier alpha value is -3.12. The van der Waals surface area contributed by atoms with Gasteiger partial charge in [0, 0.05) is 6.04 Å². The van der Waals surface area contributed by atoms with Gasteiger partial charge in [0.15, 0.2) is 23.2 Å². The van der Waals surface area contributed by atoms with Gasteiger partial charge < -0.3 is 30.5 Å². The molecule has 0 radical (unpaired) electrons. The van der Waals surface area contributed by atoms with E-state index in [0.717, 1.165) is 5.56 Å². The third-order valence-corrected chi connectivity index (χ3v) is 5.24. The number of fused-ring (bicyclic) bond motifs is 1. The Morgan fingerprint density at radius 3 is 2.61 bits per heavy atom. The molecule has 5 atom stereocenters. The van der Waals surface area contributed by atoms with Gasteiger partial charge in [0.2, 0.25) is 0 Å². The predicted octanol–water partition coefficient (Wildman–Crippen LogP) is -0.0643. The molecule has 3 aromatic rings. The van der Waals surface area contributed by atoms with E-state index in [1.165, 1.54) is 17.2 Å². The molecule has 164 valence electrons. The maximum Gasteiger partial charge on any atom is 0.305 e. The fourth-order valence-electron chi connectivity index (χ4n) is 3.73. The van der Waals surface area contributed by atoms with Crippen LogP contribution in [0.3, 0.4) is 0 Å². The van der Waals surface area contributed by atoms with Crippen LogP contribution in [0.1, 0.15) is 18.2 Å². The van der Waals surface area contributed by atoms with Gasteiger partial charge in [0.25, 0.3) is 0 Å². The summed E-state index contributed by atoms with van der Waals surface area (Å²) in [5, 5.41) is 42.1. The SMILES string of the molecule is O=C(O)CC(Cc1ccccc1)Nc1ncnc2c1ncn2C1OC(CO)C(O)C1O. The highest BCUT2D eigenvalue weighted by molar-refractivity contribution is 5.83. The molecule has 0 aliphatic carbocycles. The van der Waals surface area contributed by atoms with Crippen LogP contribution in [0.4, 0.5) is 5.82 Å². The number of carbonyl (C=O) groups is 1. The molecule has 0 bridgehead atoms. The van der Waals surface area contributed by atoms with E-state index >= 15 is 0 Å². The molecule has 2 aromatic heterocycles. The lowest BCUT2D eigenvalue weighted by molar-refractivity contribution is -0.137. The van der Waals surface area contributed by atoms with Crippen LogP contribution >= 0.6 is 0 Å². The number of nitrogens with zero attached hydrogens (tertiary/aromatic N) is 4. The van der Waals surface area contributed by atoms with Crippen LogP contribution in [0, 0.1) is 0 Å². The van der Waals surface area contributed by atoms with Crippen LogP contribution in [0.15, 0.2) is 43.0 Å². The molecule has 1 aliphatic heterocycles. The van der Waals surface area contributed by atoms with Crippen molar-refractivity contribution in [2.75, 3.05) is 11.9 Å². The van der Waals surface area contributed by atoms with Crippen molar-refractivity contribution in [3.05, 3.63) is 48.5 Å². The number of hydrogen-bond acceptors (Lipinski definition) is 9. The van der Waals surface area contributed by atoms with Gasteiger partial charge in [-0.1, -0.05) is 30.3 Å². The van der Waals surface area contributed by atoms with Crippen molar-refractivity contribution in [3.63, 3.8) is 0 Å². The van der Waals surface area contributed by atoms with Crippen LogP contribution < -0.4 is 5.32 Å². The minimum Gasteiger partial charge on any atom is -0.481 e. The van der Waals surface area contributed by atoms with Crippen LogP contribution in [-0.2, 0) is 16.0 Å². The molecular formula is C20H23N5O6. The van der Waals surface area contributed by atoms with Crippen molar-refractivity contribution in [2.24, 2.45) is 0 Å². The first-order chi connectivity index (χ1) is 15.0. The summed E-state index contributed by atoms with van der Waals surface area (Å²) in [4.78, 5) is 24.1. The first-order valence-corrected chi connectivity index (χ1v) is 9.80. The summed E-state index contributed by atoms with van der Waals surface area (Å²) in [5.74, 6) is -0.603. The van der Waals surface area contributed by atoms with Crippen LogP contribution in [0.25, 0.3) is 11.2 Å². The molecule has 1 aromatic carbocycles. The van der Waals surface area contributed by atoms with E-state index in [1.54, 1.807) is 0 Å². The van der Waals surface area contributed by atoms with E-state index in [4.69, 9.17) is 4.74 Å².